The maximum Gasteiger partial charge on any atom is 0.228 e. The lowest BCUT2D eigenvalue weighted by Crippen LogP contribution is -2.13. The van der Waals surface area contributed by atoms with Crippen molar-refractivity contribution < 1.29 is 4.79 Å². The molecule has 1 aliphatic heterocycles. The lowest BCUT2D eigenvalue weighted by molar-refractivity contribution is -0.115. The number of amides is 1. The summed E-state index contributed by atoms with van der Waals surface area (Å²) in [5.41, 5.74) is 13.5. The van der Waals surface area contributed by atoms with Gasteiger partial charge in [-0.15, -0.1) is 0 Å². The molecule has 0 unspecified atom stereocenters. The van der Waals surface area contributed by atoms with Gasteiger partial charge in [0.15, 0.2) is 0 Å². The van der Waals surface area contributed by atoms with Crippen LogP contribution in [0.2, 0.25) is 0 Å². The molecule has 1 aliphatic rings. The maximum absolute atomic E-state index is 12.4. The number of carbonyl (C=O) groups is 1. The number of nitrogens with one attached hydrogen (secondary N) is 2. The molecule has 0 spiro atoms. The van der Waals surface area contributed by atoms with Gasteiger partial charge in [0.05, 0.1) is 17.8 Å². The zero-order valence-corrected chi connectivity index (χ0v) is 16.7. The van der Waals surface area contributed by atoms with Crippen molar-refractivity contribution >= 4 is 23.2 Å². The molecule has 4 rings (SSSR count). The lowest BCUT2D eigenvalue weighted by atomic mass is 10.0. The van der Waals surface area contributed by atoms with Crippen LogP contribution in [-0.4, -0.2) is 22.4 Å². The topological polar surface area (TPSA) is 92.9 Å². The van der Waals surface area contributed by atoms with Gasteiger partial charge in [0.2, 0.25) is 11.9 Å². The molecule has 29 heavy (non-hydrogen) atoms. The highest BCUT2D eigenvalue weighted by atomic mass is 16.1. The minimum Gasteiger partial charge on any atom is -0.330 e. The van der Waals surface area contributed by atoms with E-state index in [4.69, 9.17) is 10.7 Å². The molecule has 148 valence electrons. The minimum atomic E-state index is -0.0561. The summed E-state index contributed by atoms with van der Waals surface area (Å²) in [6.07, 6.45) is 3.79. The summed E-state index contributed by atoms with van der Waals surface area (Å²) >= 11 is 0. The van der Waals surface area contributed by atoms with E-state index in [9.17, 15) is 4.79 Å². The Hall–Kier alpha value is -3.25. The number of hydrogen-bond donors (Lipinski definition) is 3. The van der Waals surface area contributed by atoms with Gasteiger partial charge < -0.3 is 16.4 Å². The van der Waals surface area contributed by atoms with E-state index in [0.29, 0.717) is 12.5 Å². The second-order valence-corrected chi connectivity index (χ2v) is 7.49. The molecule has 4 N–H and O–H groups in total. The van der Waals surface area contributed by atoms with Crippen LogP contribution in [0.5, 0.6) is 0 Å². The van der Waals surface area contributed by atoms with Gasteiger partial charge in [-0.05, 0) is 68.1 Å². The number of carbonyl (C=O) groups excluding carboxylic acids is 1. The van der Waals surface area contributed by atoms with Gasteiger partial charge in [0, 0.05) is 23.0 Å². The lowest BCUT2D eigenvalue weighted by Gasteiger charge is -2.12. The van der Waals surface area contributed by atoms with Crippen LogP contribution in [0.1, 0.15) is 28.7 Å². The van der Waals surface area contributed by atoms with Crippen LogP contribution < -0.4 is 16.4 Å². The minimum absolute atomic E-state index is 0.0561. The summed E-state index contributed by atoms with van der Waals surface area (Å²) in [6.45, 7) is 4.81. The number of hydrogen-bond acceptors (Lipinski definition) is 5. The molecule has 0 saturated carbocycles. The SMILES string of the molecule is Cc1ccc(Nc2ncc3c(n2)-c2ccc(CCCN)cc2NC(=O)C3)cc1C. The summed E-state index contributed by atoms with van der Waals surface area (Å²) in [5.74, 6) is 0.457. The summed E-state index contributed by atoms with van der Waals surface area (Å²) in [4.78, 5) is 21.6. The highest BCUT2D eigenvalue weighted by Gasteiger charge is 2.21. The van der Waals surface area contributed by atoms with E-state index >= 15 is 0 Å². The number of rotatable bonds is 5. The Kier molecular flexibility index (Phi) is 5.27. The number of aromatic nitrogens is 2. The van der Waals surface area contributed by atoms with Crippen molar-refractivity contribution in [3.05, 3.63) is 64.8 Å². The van der Waals surface area contributed by atoms with Gasteiger partial charge in [0.1, 0.15) is 0 Å². The second-order valence-electron chi connectivity index (χ2n) is 7.49. The van der Waals surface area contributed by atoms with E-state index in [1.54, 1.807) is 6.20 Å². The number of nitrogens with two attached hydrogens (primary N) is 1. The van der Waals surface area contributed by atoms with Gasteiger partial charge in [0.25, 0.3) is 0 Å². The first-order valence-electron chi connectivity index (χ1n) is 9.87. The van der Waals surface area contributed by atoms with Gasteiger partial charge in [-0.25, -0.2) is 9.97 Å². The average Bonchev–Trinajstić information content (AvgIpc) is 2.84. The third-order valence-corrected chi connectivity index (χ3v) is 5.26. The Bertz CT molecular complexity index is 1080. The van der Waals surface area contributed by atoms with Gasteiger partial charge in [-0.3, -0.25) is 4.79 Å². The molecule has 0 aliphatic carbocycles. The van der Waals surface area contributed by atoms with Crippen LogP contribution in [0.3, 0.4) is 0 Å². The smallest absolute Gasteiger partial charge is 0.228 e. The average molecular weight is 387 g/mol. The Labute approximate surface area is 170 Å². The summed E-state index contributed by atoms with van der Waals surface area (Å²) in [5, 5.41) is 6.29. The van der Waals surface area contributed by atoms with E-state index in [1.807, 2.05) is 18.2 Å². The number of benzene rings is 2. The van der Waals surface area contributed by atoms with Gasteiger partial charge in [-0.2, -0.15) is 0 Å². The van der Waals surface area contributed by atoms with Crippen molar-refractivity contribution in [1.29, 1.82) is 0 Å². The molecule has 2 aromatic carbocycles. The highest BCUT2D eigenvalue weighted by Crippen LogP contribution is 2.34. The molecular weight excluding hydrogens is 362 g/mol. The van der Waals surface area contributed by atoms with Gasteiger partial charge >= 0.3 is 0 Å². The van der Waals surface area contributed by atoms with E-state index in [-0.39, 0.29) is 12.3 Å². The van der Waals surface area contributed by atoms with Crippen molar-refractivity contribution in [2.24, 2.45) is 5.73 Å². The first-order chi connectivity index (χ1) is 14.0. The molecule has 0 radical (unpaired) electrons. The zero-order chi connectivity index (χ0) is 20.4. The largest absolute Gasteiger partial charge is 0.330 e. The Morgan fingerprint density at radius 1 is 1.14 bits per heavy atom. The molecule has 2 heterocycles. The number of aryl methyl sites for hydroxylation is 3. The second kappa shape index (κ2) is 8.01. The Balaban J connectivity index is 1.71. The van der Waals surface area contributed by atoms with E-state index < -0.39 is 0 Å². The van der Waals surface area contributed by atoms with E-state index in [0.717, 1.165) is 46.6 Å². The predicted octanol–water partition coefficient (Wildman–Crippen LogP) is 3.89. The fourth-order valence-corrected chi connectivity index (χ4v) is 3.51. The summed E-state index contributed by atoms with van der Waals surface area (Å²) < 4.78 is 0. The third-order valence-electron chi connectivity index (χ3n) is 5.26. The van der Waals surface area contributed by atoms with Crippen LogP contribution in [-0.2, 0) is 17.6 Å². The molecule has 0 fully saturated rings. The van der Waals surface area contributed by atoms with Crippen LogP contribution >= 0.6 is 0 Å². The van der Waals surface area contributed by atoms with E-state index in [1.165, 1.54) is 11.1 Å². The van der Waals surface area contributed by atoms with Crippen molar-refractivity contribution in [2.45, 2.75) is 33.1 Å². The fraction of sp³-hybridized carbons (Fsp3) is 0.261. The van der Waals surface area contributed by atoms with Crippen LogP contribution in [0, 0.1) is 13.8 Å². The number of nitrogens with zero attached hydrogens (tertiary/aromatic N) is 2. The predicted molar refractivity (Wildman–Crippen MR) is 116 cm³/mol. The number of fused-ring (bicyclic) bond motifs is 3. The molecule has 1 aromatic heterocycles. The molecule has 0 saturated heterocycles. The van der Waals surface area contributed by atoms with Crippen molar-refractivity contribution in [1.82, 2.24) is 9.97 Å². The Morgan fingerprint density at radius 2 is 2.00 bits per heavy atom. The van der Waals surface area contributed by atoms with Crippen LogP contribution in [0.4, 0.5) is 17.3 Å². The summed E-state index contributed by atoms with van der Waals surface area (Å²) in [6, 6.07) is 12.3. The van der Waals surface area contributed by atoms with Gasteiger partial charge in [-0.1, -0.05) is 18.2 Å². The van der Waals surface area contributed by atoms with Crippen molar-refractivity contribution in [2.75, 3.05) is 17.2 Å². The Morgan fingerprint density at radius 3 is 2.79 bits per heavy atom. The van der Waals surface area contributed by atoms with Crippen LogP contribution in [0.15, 0.2) is 42.6 Å². The molecular formula is C23H25N5O. The van der Waals surface area contributed by atoms with E-state index in [2.05, 4.69) is 47.7 Å². The molecule has 0 bridgehead atoms. The highest BCUT2D eigenvalue weighted by molar-refractivity contribution is 6.00. The normalized spacial score (nSPS) is 12.6. The number of anilines is 3. The van der Waals surface area contributed by atoms with Crippen molar-refractivity contribution in [3.8, 4) is 11.3 Å². The third kappa shape index (κ3) is 4.12. The first-order valence-corrected chi connectivity index (χ1v) is 9.87. The molecule has 6 heteroatoms. The maximum atomic E-state index is 12.4. The van der Waals surface area contributed by atoms with Crippen molar-refractivity contribution in [3.63, 3.8) is 0 Å². The fourth-order valence-electron chi connectivity index (χ4n) is 3.51. The quantitative estimate of drug-likeness (QED) is 0.618. The first kappa shape index (κ1) is 19.1. The molecule has 6 nitrogen and oxygen atoms in total. The standard InChI is InChI=1S/C23H25N5O/c1-14-5-7-18(10-15(14)2)26-23-25-13-17-12-21(29)27-20-11-16(4-3-9-24)6-8-19(20)22(17)28-23/h5-8,10-11,13H,3-4,9,12,24H2,1-2H3,(H,27,29)(H,25,26,28). The monoisotopic (exact) mass is 387 g/mol. The summed E-state index contributed by atoms with van der Waals surface area (Å²) in [7, 11) is 0. The molecule has 3 aromatic rings. The zero-order valence-electron chi connectivity index (χ0n) is 16.7. The van der Waals surface area contributed by atoms with Crippen LogP contribution in [0.25, 0.3) is 11.3 Å². The molecule has 1 amide bonds. The molecule has 0 atom stereocenters.